The predicted octanol–water partition coefficient (Wildman–Crippen LogP) is 4.45. The summed E-state index contributed by atoms with van der Waals surface area (Å²) in [7, 11) is 1.57. The lowest BCUT2D eigenvalue weighted by Gasteiger charge is -2.19. The second-order valence-electron chi connectivity index (χ2n) is 7.67. The van der Waals surface area contributed by atoms with Crippen LogP contribution in [-0.4, -0.2) is 40.1 Å². The van der Waals surface area contributed by atoms with Crippen LogP contribution < -0.4 is 5.32 Å². The number of anilines is 1. The van der Waals surface area contributed by atoms with E-state index in [2.05, 4.69) is 10.4 Å². The van der Waals surface area contributed by atoms with Gasteiger partial charge in [0.25, 0.3) is 5.91 Å². The van der Waals surface area contributed by atoms with Crippen molar-refractivity contribution in [2.75, 3.05) is 18.9 Å². The average Bonchev–Trinajstić information content (AvgIpc) is 3.32. The third-order valence-corrected chi connectivity index (χ3v) is 5.16. The first-order chi connectivity index (χ1) is 16.0. The number of nitrogens with zero attached hydrogens (tertiary/aromatic N) is 3. The number of carbonyl (C=O) groups is 2. The van der Waals surface area contributed by atoms with Gasteiger partial charge in [-0.3, -0.25) is 14.3 Å². The van der Waals surface area contributed by atoms with E-state index in [1.54, 1.807) is 31.4 Å². The Labute approximate surface area is 191 Å². The van der Waals surface area contributed by atoms with E-state index in [-0.39, 0.29) is 12.5 Å². The van der Waals surface area contributed by atoms with Gasteiger partial charge in [0, 0.05) is 30.7 Å². The SMILES string of the molecule is CN(CC(=O)Nc1cccc(F)c1)C(=O)c1ccccc1-c1ccc(Cn2cccn2)cc1. The fraction of sp³-hybridized carbons (Fsp3) is 0.115. The minimum atomic E-state index is -0.443. The summed E-state index contributed by atoms with van der Waals surface area (Å²) in [5, 5.41) is 6.83. The van der Waals surface area contributed by atoms with Crippen LogP contribution >= 0.6 is 0 Å². The van der Waals surface area contributed by atoms with Crippen LogP contribution in [0.15, 0.2) is 91.3 Å². The van der Waals surface area contributed by atoms with Crippen molar-refractivity contribution < 1.29 is 14.0 Å². The molecule has 0 aliphatic carbocycles. The molecule has 0 unspecified atom stereocenters. The van der Waals surface area contributed by atoms with Gasteiger partial charge < -0.3 is 10.2 Å². The van der Waals surface area contributed by atoms with E-state index in [0.717, 1.165) is 16.7 Å². The molecule has 6 nitrogen and oxygen atoms in total. The minimum Gasteiger partial charge on any atom is -0.332 e. The van der Waals surface area contributed by atoms with Crippen molar-refractivity contribution in [2.45, 2.75) is 6.54 Å². The number of nitrogens with one attached hydrogen (secondary N) is 1. The van der Waals surface area contributed by atoms with Gasteiger partial charge in [0.05, 0.1) is 13.1 Å². The van der Waals surface area contributed by atoms with Crippen molar-refractivity contribution in [3.8, 4) is 11.1 Å². The molecule has 0 atom stereocenters. The number of aromatic nitrogens is 2. The van der Waals surface area contributed by atoms with Crippen LogP contribution in [0.1, 0.15) is 15.9 Å². The number of halogens is 1. The normalized spacial score (nSPS) is 10.6. The van der Waals surface area contributed by atoms with E-state index in [1.807, 2.05) is 53.3 Å². The number of rotatable bonds is 7. The highest BCUT2D eigenvalue weighted by Gasteiger charge is 2.19. The van der Waals surface area contributed by atoms with Gasteiger partial charge in [-0.25, -0.2) is 4.39 Å². The van der Waals surface area contributed by atoms with Crippen molar-refractivity contribution in [1.29, 1.82) is 0 Å². The summed E-state index contributed by atoms with van der Waals surface area (Å²) < 4.78 is 15.2. The maximum Gasteiger partial charge on any atom is 0.254 e. The van der Waals surface area contributed by atoms with E-state index in [4.69, 9.17) is 0 Å². The molecule has 3 aromatic carbocycles. The molecule has 0 bridgehead atoms. The summed E-state index contributed by atoms with van der Waals surface area (Å²) in [5.41, 5.74) is 3.62. The average molecular weight is 442 g/mol. The zero-order valence-electron chi connectivity index (χ0n) is 18.1. The Bertz CT molecular complexity index is 1250. The van der Waals surface area contributed by atoms with Gasteiger partial charge in [-0.05, 0) is 47.0 Å². The first-order valence-corrected chi connectivity index (χ1v) is 10.5. The summed E-state index contributed by atoms with van der Waals surface area (Å²) in [6.45, 7) is 0.503. The van der Waals surface area contributed by atoms with Crippen LogP contribution in [-0.2, 0) is 11.3 Å². The number of benzene rings is 3. The Kier molecular flexibility index (Phi) is 6.59. The highest BCUT2D eigenvalue weighted by molar-refractivity contribution is 6.03. The van der Waals surface area contributed by atoms with E-state index in [1.165, 1.54) is 23.1 Å². The van der Waals surface area contributed by atoms with Crippen LogP contribution in [0.3, 0.4) is 0 Å². The summed E-state index contributed by atoms with van der Waals surface area (Å²) in [6.07, 6.45) is 3.65. The quantitative estimate of drug-likeness (QED) is 0.460. The first-order valence-electron chi connectivity index (χ1n) is 10.5. The number of amides is 2. The Morgan fingerprint density at radius 3 is 2.52 bits per heavy atom. The lowest BCUT2D eigenvalue weighted by molar-refractivity contribution is -0.116. The van der Waals surface area contributed by atoms with Crippen molar-refractivity contribution in [2.24, 2.45) is 0 Å². The van der Waals surface area contributed by atoms with E-state index < -0.39 is 11.7 Å². The molecule has 0 aliphatic heterocycles. The molecule has 2 amide bonds. The number of hydrogen-bond acceptors (Lipinski definition) is 3. The third kappa shape index (κ3) is 5.51. The van der Waals surface area contributed by atoms with Crippen LogP contribution in [0, 0.1) is 5.82 Å². The van der Waals surface area contributed by atoms with Crippen molar-refractivity contribution in [3.63, 3.8) is 0 Å². The number of likely N-dealkylation sites (N-methyl/N-ethyl adjacent to an activating group) is 1. The van der Waals surface area contributed by atoms with Crippen LogP contribution in [0.4, 0.5) is 10.1 Å². The lowest BCUT2D eigenvalue weighted by atomic mass is 9.98. The second-order valence-corrected chi connectivity index (χ2v) is 7.67. The molecule has 4 rings (SSSR count). The molecule has 0 saturated carbocycles. The molecule has 1 N–H and O–H groups in total. The molecule has 4 aromatic rings. The molecule has 0 spiro atoms. The van der Waals surface area contributed by atoms with Crippen LogP contribution in [0.5, 0.6) is 0 Å². The summed E-state index contributed by atoms with van der Waals surface area (Å²) in [6, 6.07) is 22.8. The van der Waals surface area contributed by atoms with Crippen LogP contribution in [0.25, 0.3) is 11.1 Å². The van der Waals surface area contributed by atoms with Crippen molar-refractivity contribution in [3.05, 3.63) is 108 Å². The highest BCUT2D eigenvalue weighted by Crippen LogP contribution is 2.25. The Balaban J connectivity index is 1.46. The fourth-order valence-corrected chi connectivity index (χ4v) is 3.55. The largest absolute Gasteiger partial charge is 0.332 e. The topological polar surface area (TPSA) is 67.2 Å². The molecule has 0 radical (unpaired) electrons. The predicted molar refractivity (Wildman–Crippen MR) is 125 cm³/mol. The van der Waals surface area contributed by atoms with Crippen LogP contribution in [0.2, 0.25) is 0 Å². The number of carbonyl (C=O) groups excluding carboxylic acids is 2. The molecule has 1 heterocycles. The van der Waals surface area contributed by atoms with Crippen molar-refractivity contribution >= 4 is 17.5 Å². The molecule has 1 aromatic heterocycles. The molecule has 0 saturated heterocycles. The summed E-state index contributed by atoms with van der Waals surface area (Å²) in [5.74, 6) is -1.13. The fourth-order valence-electron chi connectivity index (χ4n) is 3.55. The van der Waals surface area contributed by atoms with Gasteiger partial charge in [-0.1, -0.05) is 48.5 Å². The molecule has 7 heteroatoms. The van der Waals surface area contributed by atoms with E-state index >= 15 is 0 Å². The molecular weight excluding hydrogens is 419 g/mol. The maximum absolute atomic E-state index is 13.3. The Morgan fingerprint density at radius 2 is 1.79 bits per heavy atom. The van der Waals surface area contributed by atoms with Gasteiger partial charge in [-0.15, -0.1) is 0 Å². The standard InChI is InChI=1S/C26H23FN4O2/c1-30(18-25(32)29-22-7-4-6-21(27)16-22)26(33)24-9-3-2-8-23(24)20-12-10-19(11-13-20)17-31-15-5-14-28-31/h2-16H,17-18H2,1H3,(H,29,32). The van der Waals surface area contributed by atoms with Gasteiger partial charge in [0.1, 0.15) is 5.82 Å². The number of hydrogen-bond donors (Lipinski definition) is 1. The molecule has 0 fully saturated rings. The highest BCUT2D eigenvalue weighted by atomic mass is 19.1. The zero-order valence-corrected chi connectivity index (χ0v) is 18.1. The maximum atomic E-state index is 13.3. The molecule has 166 valence electrons. The second kappa shape index (κ2) is 9.91. The smallest absolute Gasteiger partial charge is 0.254 e. The molecule has 0 aliphatic rings. The van der Waals surface area contributed by atoms with E-state index in [0.29, 0.717) is 17.8 Å². The monoisotopic (exact) mass is 442 g/mol. The van der Waals surface area contributed by atoms with Gasteiger partial charge >= 0.3 is 0 Å². The zero-order chi connectivity index (χ0) is 23.2. The van der Waals surface area contributed by atoms with Gasteiger partial charge in [0.2, 0.25) is 5.91 Å². The third-order valence-electron chi connectivity index (χ3n) is 5.16. The first kappa shape index (κ1) is 22.0. The Hall–Kier alpha value is -4.26. The molecular formula is C26H23FN4O2. The lowest BCUT2D eigenvalue weighted by Crippen LogP contribution is -2.35. The Morgan fingerprint density at radius 1 is 1.00 bits per heavy atom. The minimum absolute atomic E-state index is 0.160. The van der Waals surface area contributed by atoms with E-state index in [9.17, 15) is 14.0 Å². The van der Waals surface area contributed by atoms with Gasteiger partial charge in [0.15, 0.2) is 0 Å². The summed E-state index contributed by atoms with van der Waals surface area (Å²) >= 11 is 0. The molecule has 33 heavy (non-hydrogen) atoms. The summed E-state index contributed by atoms with van der Waals surface area (Å²) in [4.78, 5) is 26.8. The van der Waals surface area contributed by atoms with Crippen molar-refractivity contribution in [1.82, 2.24) is 14.7 Å². The van der Waals surface area contributed by atoms with Gasteiger partial charge in [-0.2, -0.15) is 5.10 Å².